The molecule has 0 atom stereocenters. The van der Waals surface area contributed by atoms with E-state index in [1.54, 1.807) is 0 Å². The van der Waals surface area contributed by atoms with Gasteiger partial charge in [0.1, 0.15) is 16.5 Å². The summed E-state index contributed by atoms with van der Waals surface area (Å²) in [7, 11) is -3.75. The van der Waals surface area contributed by atoms with Crippen molar-refractivity contribution >= 4 is 16.5 Å². The van der Waals surface area contributed by atoms with Crippen molar-refractivity contribution in [2.75, 3.05) is 6.54 Å². The van der Waals surface area contributed by atoms with Gasteiger partial charge in [-0.3, -0.25) is 0 Å². The van der Waals surface area contributed by atoms with E-state index in [0.29, 0.717) is 0 Å². The van der Waals surface area contributed by atoms with Crippen LogP contribution in [0.5, 0.6) is 0 Å². The maximum atomic E-state index is 4.10. The zero-order valence-corrected chi connectivity index (χ0v) is 19.4. The minimum Gasteiger partial charge on any atom is -0.344 e. The van der Waals surface area contributed by atoms with E-state index in [1.807, 2.05) is 6.08 Å². The molecule has 0 saturated heterocycles. The molecule has 0 aliphatic heterocycles. The summed E-state index contributed by atoms with van der Waals surface area (Å²) >= 11 is 0. The molecule has 27 heavy (non-hydrogen) atoms. The second-order valence-corrected chi connectivity index (χ2v) is 16.0. The van der Waals surface area contributed by atoms with Gasteiger partial charge >= 0.3 is 0 Å². The molecule has 0 aliphatic carbocycles. The number of hydrogen-bond acceptors (Lipinski definition) is 1. The van der Waals surface area contributed by atoms with Gasteiger partial charge in [-0.15, -0.1) is 46.1 Å². The summed E-state index contributed by atoms with van der Waals surface area (Å²) in [5.41, 5.74) is 0. The van der Waals surface area contributed by atoms with Crippen LogP contribution in [0.1, 0.15) is 12.8 Å². The number of hydrogen-bond donors (Lipinski definition) is 0. The van der Waals surface area contributed by atoms with E-state index in [4.69, 9.17) is 0 Å². The van der Waals surface area contributed by atoms with Crippen LogP contribution >= 0.6 is 0 Å². The first-order valence-electron chi connectivity index (χ1n) is 9.93. The molecule has 0 aromatic heterocycles. The molecule has 0 heterocycles. The molecule has 0 fully saturated rings. The molecular formula is C24H40NSi2. The van der Waals surface area contributed by atoms with Crippen molar-refractivity contribution in [1.29, 1.82) is 0 Å². The first-order chi connectivity index (χ1) is 13.1. The average Bonchev–Trinajstić information content (AvgIpc) is 2.63. The van der Waals surface area contributed by atoms with Gasteiger partial charge < -0.3 is 4.23 Å². The third kappa shape index (κ3) is 7.61. The summed E-state index contributed by atoms with van der Waals surface area (Å²) in [4.78, 5) is 0. The third-order valence-corrected chi connectivity index (χ3v) is 17.1. The monoisotopic (exact) mass is 398 g/mol. The SMILES string of the molecule is C=C[CH]CCCN([Si](CC=C)(CC=C)CC=C)[Si](CC=C)(CC=C)CC=C. The Balaban J connectivity index is 6.31. The smallest absolute Gasteiger partial charge is 0.133 e. The first kappa shape index (κ1) is 25.6. The van der Waals surface area contributed by atoms with Gasteiger partial charge in [-0.2, -0.15) is 0 Å². The molecule has 0 aliphatic rings. The largest absolute Gasteiger partial charge is 0.344 e. The molecule has 149 valence electrons. The Labute approximate surface area is 171 Å². The van der Waals surface area contributed by atoms with Gasteiger partial charge in [0.15, 0.2) is 0 Å². The molecule has 0 unspecified atom stereocenters. The van der Waals surface area contributed by atoms with E-state index < -0.39 is 16.5 Å². The topological polar surface area (TPSA) is 3.24 Å². The highest BCUT2D eigenvalue weighted by Gasteiger charge is 2.47. The Morgan fingerprint density at radius 1 is 0.556 bits per heavy atom. The molecule has 0 spiro atoms. The van der Waals surface area contributed by atoms with Gasteiger partial charge in [-0.1, -0.05) is 42.5 Å². The molecule has 0 bridgehead atoms. The van der Waals surface area contributed by atoms with Crippen LogP contribution in [0.4, 0.5) is 0 Å². The van der Waals surface area contributed by atoms with Crippen LogP contribution in [0.25, 0.3) is 0 Å². The molecule has 1 radical (unpaired) electrons. The van der Waals surface area contributed by atoms with E-state index >= 15 is 0 Å². The fraction of sp³-hybridized carbons (Fsp3) is 0.375. The normalized spacial score (nSPS) is 11.6. The highest BCUT2D eigenvalue weighted by molar-refractivity contribution is 6.94. The lowest BCUT2D eigenvalue weighted by atomic mass is 10.2. The lowest BCUT2D eigenvalue weighted by Crippen LogP contribution is -2.66. The molecule has 0 saturated carbocycles. The predicted octanol–water partition coefficient (Wildman–Crippen LogP) is 7.47. The summed E-state index contributed by atoms with van der Waals surface area (Å²) in [5.74, 6) is 0. The Morgan fingerprint density at radius 2 is 0.889 bits per heavy atom. The lowest BCUT2D eigenvalue weighted by molar-refractivity contribution is 0.561. The summed E-state index contributed by atoms with van der Waals surface area (Å²) < 4.78 is 2.94. The van der Waals surface area contributed by atoms with Crippen molar-refractivity contribution in [1.82, 2.24) is 4.23 Å². The van der Waals surface area contributed by atoms with E-state index in [0.717, 1.165) is 55.7 Å². The van der Waals surface area contributed by atoms with Crippen LogP contribution in [0, 0.1) is 6.42 Å². The van der Waals surface area contributed by atoms with E-state index in [9.17, 15) is 0 Å². The van der Waals surface area contributed by atoms with Gasteiger partial charge in [0.05, 0.1) is 0 Å². The Kier molecular flexibility index (Phi) is 13.8. The fourth-order valence-electron chi connectivity index (χ4n) is 4.24. The molecular weight excluding hydrogens is 358 g/mol. The van der Waals surface area contributed by atoms with Crippen molar-refractivity contribution in [2.24, 2.45) is 0 Å². The van der Waals surface area contributed by atoms with Crippen LogP contribution in [0.3, 0.4) is 0 Å². The van der Waals surface area contributed by atoms with Gasteiger partial charge in [0.2, 0.25) is 0 Å². The maximum absolute atomic E-state index is 4.10. The number of allylic oxidation sites excluding steroid dienone is 7. The van der Waals surface area contributed by atoms with Crippen molar-refractivity contribution < 1.29 is 0 Å². The van der Waals surface area contributed by atoms with Crippen molar-refractivity contribution in [3.8, 4) is 0 Å². The minimum absolute atomic E-state index is 1.05. The summed E-state index contributed by atoms with van der Waals surface area (Å²) in [6, 6.07) is 6.31. The van der Waals surface area contributed by atoms with E-state index in [-0.39, 0.29) is 0 Å². The zero-order valence-electron chi connectivity index (χ0n) is 17.4. The third-order valence-electron chi connectivity index (χ3n) is 5.21. The minimum atomic E-state index is -1.87. The van der Waals surface area contributed by atoms with Crippen molar-refractivity contribution in [3.05, 3.63) is 95.0 Å². The van der Waals surface area contributed by atoms with Gasteiger partial charge in [-0.25, -0.2) is 0 Å². The molecule has 1 nitrogen and oxygen atoms in total. The summed E-state index contributed by atoms with van der Waals surface area (Å²) in [5, 5.41) is 0. The first-order valence-corrected chi connectivity index (χ1v) is 15.1. The zero-order chi connectivity index (χ0) is 20.6. The van der Waals surface area contributed by atoms with Crippen LogP contribution in [0.2, 0.25) is 36.3 Å². The standard InChI is InChI=1S/C24H40NSi2/c1-8-15-16-17-18-25(26(19-9-2,20-10-3)21-11-4)27(22-12-5,23-13-6)24-14-7/h8-15H,1-7,16-24H2. The molecule has 0 aromatic rings. The molecule has 0 N–H and O–H groups in total. The van der Waals surface area contributed by atoms with Crippen LogP contribution < -0.4 is 0 Å². The Hall–Kier alpha value is -1.43. The van der Waals surface area contributed by atoms with Crippen molar-refractivity contribution in [2.45, 2.75) is 49.1 Å². The second kappa shape index (κ2) is 14.6. The fourth-order valence-corrected chi connectivity index (χ4v) is 16.7. The number of unbranched alkanes of at least 4 members (excludes halogenated alkanes) is 2. The molecule has 0 aromatic carbocycles. The lowest BCUT2D eigenvalue weighted by Gasteiger charge is -2.52. The van der Waals surface area contributed by atoms with Gasteiger partial charge in [0, 0.05) is 0 Å². The van der Waals surface area contributed by atoms with Crippen molar-refractivity contribution in [3.63, 3.8) is 0 Å². The second-order valence-electron chi connectivity index (χ2n) is 7.17. The Bertz CT molecular complexity index is 415. The number of nitrogens with zero attached hydrogens (tertiary/aromatic N) is 1. The summed E-state index contributed by atoms with van der Waals surface area (Å²) in [6.45, 7) is 29.5. The van der Waals surface area contributed by atoms with Crippen LogP contribution in [-0.4, -0.2) is 27.2 Å². The average molecular weight is 399 g/mol. The molecule has 0 amide bonds. The maximum Gasteiger partial charge on any atom is 0.133 e. The number of rotatable bonds is 19. The van der Waals surface area contributed by atoms with Gasteiger partial charge in [0.25, 0.3) is 0 Å². The highest BCUT2D eigenvalue weighted by atomic mass is 28.4. The molecule has 0 rings (SSSR count). The Morgan fingerprint density at radius 3 is 1.15 bits per heavy atom. The quantitative estimate of drug-likeness (QED) is 0.124. The van der Waals surface area contributed by atoms with E-state index in [2.05, 4.69) is 93.2 Å². The van der Waals surface area contributed by atoms with Gasteiger partial charge in [-0.05, 0) is 62.1 Å². The van der Waals surface area contributed by atoms with Crippen LogP contribution in [-0.2, 0) is 0 Å². The predicted molar refractivity (Wildman–Crippen MR) is 132 cm³/mol. The highest BCUT2D eigenvalue weighted by Crippen LogP contribution is 2.38. The van der Waals surface area contributed by atoms with E-state index in [1.165, 1.54) is 0 Å². The summed E-state index contributed by atoms with van der Waals surface area (Å²) in [6.07, 6.45) is 18.9. The van der Waals surface area contributed by atoms with Crippen LogP contribution in [0.15, 0.2) is 88.6 Å². The molecule has 3 heteroatoms.